The molecule has 0 amide bonds. The van der Waals surface area contributed by atoms with Gasteiger partial charge in [0.2, 0.25) is 5.89 Å². The number of nitrogens with two attached hydrogens (primary N) is 1. The number of nitrogen functional groups attached to an aromatic ring is 1. The van der Waals surface area contributed by atoms with Gasteiger partial charge in [-0.15, -0.1) is 0 Å². The summed E-state index contributed by atoms with van der Waals surface area (Å²) in [5, 5.41) is 0. The van der Waals surface area contributed by atoms with Crippen LogP contribution >= 0.6 is 0 Å². The minimum Gasteiger partial charge on any atom is -0.436 e. The Bertz CT molecular complexity index is 728. The molecular weight excluding hydrogens is 224 g/mol. The fourth-order valence-electron chi connectivity index (χ4n) is 2.02. The second-order valence-corrected chi connectivity index (χ2v) is 4.56. The van der Waals surface area contributed by atoms with Crippen LogP contribution in [-0.2, 0) is 0 Å². The van der Waals surface area contributed by atoms with Crippen molar-refractivity contribution in [1.82, 2.24) is 4.98 Å². The number of benzene rings is 2. The van der Waals surface area contributed by atoms with Gasteiger partial charge in [0, 0.05) is 17.3 Å². The molecule has 0 atom stereocenters. The Morgan fingerprint density at radius 1 is 1.06 bits per heavy atom. The summed E-state index contributed by atoms with van der Waals surface area (Å²) < 4.78 is 5.78. The summed E-state index contributed by atoms with van der Waals surface area (Å²) in [6, 6.07) is 11.8. The largest absolute Gasteiger partial charge is 0.436 e. The fourth-order valence-corrected chi connectivity index (χ4v) is 2.02. The first-order chi connectivity index (χ1) is 8.63. The van der Waals surface area contributed by atoms with Crippen molar-refractivity contribution in [3.63, 3.8) is 0 Å². The molecule has 1 heterocycles. The molecule has 18 heavy (non-hydrogen) atoms. The van der Waals surface area contributed by atoms with Gasteiger partial charge in [0.1, 0.15) is 5.52 Å². The van der Waals surface area contributed by atoms with Crippen LogP contribution in [0.1, 0.15) is 11.1 Å². The highest BCUT2D eigenvalue weighted by Crippen LogP contribution is 2.28. The Morgan fingerprint density at radius 2 is 1.89 bits per heavy atom. The zero-order valence-corrected chi connectivity index (χ0v) is 10.4. The van der Waals surface area contributed by atoms with Crippen LogP contribution in [0.2, 0.25) is 0 Å². The third kappa shape index (κ3) is 1.74. The number of oxazole rings is 1. The van der Waals surface area contributed by atoms with Gasteiger partial charge < -0.3 is 10.2 Å². The maximum Gasteiger partial charge on any atom is 0.227 e. The molecule has 2 aromatic carbocycles. The molecule has 3 aromatic rings. The number of aryl methyl sites for hydroxylation is 2. The van der Waals surface area contributed by atoms with Crippen LogP contribution in [0, 0.1) is 13.8 Å². The van der Waals surface area contributed by atoms with Crippen molar-refractivity contribution in [1.29, 1.82) is 0 Å². The van der Waals surface area contributed by atoms with Crippen LogP contribution < -0.4 is 5.73 Å². The summed E-state index contributed by atoms with van der Waals surface area (Å²) in [5.74, 6) is 0.650. The third-order valence-corrected chi connectivity index (χ3v) is 3.04. The number of anilines is 1. The van der Waals surface area contributed by atoms with E-state index in [-0.39, 0.29) is 0 Å². The normalized spacial score (nSPS) is 11.0. The highest BCUT2D eigenvalue weighted by Gasteiger charge is 2.10. The molecule has 90 valence electrons. The molecule has 2 N–H and O–H groups in total. The summed E-state index contributed by atoms with van der Waals surface area (Å²) >= 11 is 0. The van der Waals surface area contributed by atoms with E-state index in [1.165, 1.54) is 5.56 Å². The standard InChI is InChI=1S/C15H14N2O/c1-9-3-4-10(2)12(7-9)15-17-13-6-5-11(16)8-14(13)18-15/h3-8H,16H2,1-2H3. The molecule has 3 rings (SSSR count). The number of nitrogens with zero attached hydrogens (tertiary/aromatic N) is 1. The molecule has 0 spiro atoms. The van der Waals surface area contributed by atoms with E-state index in [1.54, 1.807) is 6.07 Å². The molecule has 0 radical (unpaired) electrons. The van der Waals surface area contributed by atoms with Gasteiger partial charge in [0.25, 0.3) is 0 Å². The Balaban J connectivity index is 2.22. The van der Waals surface area contributed by atoms with E-state index in [9.17, 15) is 0 Å². The highest BCUT2D eigenvalue weighted by atomic mass is 16.3. The first-order valence-corrected chi connectivity index (χ1v) is 5.87. The van der Waals surface area contributed by atoms with Gasteiger partial charge in [-0.3, -0.25) is 0 Å². The second-order valence-electron chi connectivity index (χ2n) is 4.56. The van der Waals surface area contributed by atoms with Crippen LogP contribution in [0.25, 0.3) is 22.6 Å². The lowest BCUT2D eigenvalue weighted by Gasteiger charge is -2.02. The van der Waals surface area contributed by atoms with E-state index in [1.807, 2.05) is 12.1 Å². The van der Waals surface area contributed by atoms with Crippen LogP contribution in [-0.4, -0.2) is 4.98 Å². The maximum absolute atomic E-state index is 5.78. The summed E-state index contributed by atoms with van der Waals surface area (Å²) in [5.41, 5.74) is 11.4. The van der Waals surface area contributed by atoms with Gasteiger partial charge in [-0.25, -0.2) is 4.98 Å². The summed E-state index contributed by atoms with van der Waals surface area (Å²) in [6.07, 6.45) is 0. The molecule has 0 fully saturated rings. The van der Waals surface area contributed by atoms with Crippen molar-refractivity contribution < 1.29 is 4.42 Å². The predicted molar refractivity (Wildman–Crippen MR) is 73.3 cm³/mol. The average Bonchev–Trinajstić information content (AvgIpc) is 2.74. The Labute approximate surface area is 105 Å². The second kappa shape index (κ2) is 3.88. The lowest BCUT2D eigenvalue weighted by atomic mass is 10.1. The van der Waals surface area contributed by atoms with Gasteiger partial charge in [0.15, 0.2) is 5.58 Å². The number of hydrogen-bond acceptors (Lipinski definition) is 3. The lowest BCUT2D eigenvalue weighted by molar-refractivity contribution is 0.619. The quantitative estimate of drug-likeness (QED) is 0.658. The van der Waals surface area contributed by atoms with Gasteiger partial charge in [-0.2, -0.15) is 0 Å². The van der Waals surface area contributed by atoms with Gasteiger partial charge in [0.05, 0.1) is 0 Å². The minimum absolute atomic E-state index is 0.650. The monoisotopic (exact) mass is 238 g/mol. The van der Waals surface area contributed by atoms with E-state index in [2.05, 4.69) is 37.0 Å². The van der Waals surface area contributed by atoms with Gasteiger partial charge >= 0.3 is 0 Å². The average molecular weight is 238 g/mol. The molecule has 3 nitrogen and oxygen atoms in total. The lowest BCUT2D eigenvalue weighted by Crippen LogP contribution is -1.84. The topological polar surface area (TPSA) is 52.0 Å². The maximum atomic E-state index is 5.78. The zero-order valence-electron chi connectivity index (χ0n) is 10.4. The highest BCUT2D eigenvalue weighted by molar-refractivity contribution is 5.79. The molecule has 0 bridgehead atoms. The molecular formula is C15H14N2O. The molecule has 0 saturated carbocycles. The number of rotatable bonds is 1. The van der Waals surface area contributed by atoms with E-state index in [0.29, 0.717) is 11.6 Å². The SMILES string of the molecule is Cc1ccc(C)c(-c2nc3ccc(N)cc3o2)c1. The summed E-state index contributed by atoms with van der Waals surface area (Å²) in [6.45, 7) is 4.11. The zero-order chi connectivity index (χ0) is 12.7. The molecule has 3 heteroatoms. The summed E-state index contributed by atoms with van der Waals surface area (Å²) in [7, 11) is 0. The first kappa shape index (κ1) is 10.8. The summed E-state index contributed by atoms with van der Waals surface area (Å²) in [4.78, 5) is 4.50. The van der Waals surface area contributed by atoms with E-state index in [0.717, 1.165) is 22.2 Å². The van der Waals surface area contributed by atoms with Crippen LogP contribution in [0.3, 0.4) is 0 Å². The van der Waals surface area contributed by atoms with E-state index in [4.69, 9.17) is 10.2 Å². The Morgan fingerprint density at radius 3 is 2.72 bits per heavy atom. The van der Waals surface area contributed by atoms with Gasteiger partial charge in [-0.1, -0.05) is 17.7 Å². The van der Waals surface area contributed by atoms with Crippen LogP contribution in [0.5, 0.6) is 0 Å². The number of aromatic nitrogens is 1. The Hall–Kier alpha value is -2.29. The molecule has 0 aliphatic rings. The molecule has 0 unspecified atom stereocenters. The van der Waals surface area contributed by atoms with Crippen molar-refractivity contribution in [2.75, 3.05) is 5.73 Å². The van der Waals surface area contributed by atoms with Crippen molar-refractivity contribution in [2.24, 2.45) is 0 Å². The minimum atomic E-state index is 0.650. The molecule has 0 aliphatic carbocycles. The van der Waals surface area contributed by atoms with Crippen molar-refractivity contribution >= 4 is 16.8 Å². The Kier molecular flexibility index (Phi) is 2.33. The molecule has 1 aromatic heterocycles. The smallest absolute Gasteiger partial charge is 0.227 e. The van der Waals surface area contributed by atoms with Crippen LogP contribution in [0.4, 0.5) is 5.69 Å². The molecule has 0 saturated heterocycles. The molecule has 0 aliphatic heterocycles. The van der Waals surface area contributed by atoms with Crippen LogP contribution in [0.15, 0.2) is 40.8 Å². The van der Waals surface area contributed by atoms with E-state index >= 15 is 0 Å². The third-order valence-electron chi connectivity index (χ3n) is 3.04. The number of fused-ring (bicyclic) bond motifs is 1. The predicted octanol–water partition coefficient (Wildman–Crippen LogP) is 3.69. The van der Waals surface area contributed by atoms with Crippen molar-refractivity contribution in [3.8, 4) is 11.5 Å². The fraction of sp³-hybridized carbons (Fsp3) is 0.133. The van der Waals surface area contributed by atoms with E-state index < -0.39 is 0 Å². The first-order valence-electron chi connectivity index (χ1n) is 5.87. The number of hydrogen-bond donors (Lipinski definition) is 1. The van der Waals surface area contributed by atoms with Gasteiger partial charge in [-0.05, 0) is 37.6 Å². The van der Waals surface area contributed by atoms with Crippen molar-refractivity contribution in [2.45, 2.75) is 13.8 Å². The van der Waals surface area contributed by atoms with Crippen molar-refractivity contribution in [3.05, 3.63) is 47.5 Å².